The first-order valence-corrected chi connectivity index (χ1v) is 15.2. The van der Waals surface area contributed by atoms with Gasteiger partial charge in [-0.05, 0) is 61.6 Å². The zero-order valence-electron chi connectivity index (χ0n) is 20.0. The summed E-state index contributed by atoms with van der Waals surface area (Å²) >= 11 is 8.54. The topological polar surface area (TPSA) is 70.6 Å². The molecule has 1 aliphatic rings. The van der Waals surface area contributed by atoms with Gasteiger partial charge in [0, 0.05) is 19.0 Å². The molecule has 0 aliphatic carbocycles. The van der Waals surface area contributed by atoms with Crippen LogP contribution in [-0.4, -0.2) is 36.7 Å². The van der Waals surface area contributed by atoms with Gasteiger partial charge in [-0.1, -0.05) is 59.3 Å². The summed E-state index contributed by atoms with van der Waals surface area (Å²) in [5.74, 6) is -0.287. The second-order valence-electron chi connectivity index (χ2n) is 9.00. The maximum absolute atomic E-state index is 13.9. The highest BCUT2D eigenvalue weighted by Crippen LogP contribution is 2.35. The van der Waals surface area contributed by atoms with E-state index in [0.717, 1.165) is 32.7 Å². The quantitative estimate of drug-likeness (QED) is 0.279. The molecule has 6 nitrogen and oxygen atoms in total. The van der Waals surface area contributed by atoms with Crippen molar-refractivity contribution in [3.05, 3.63) is 75.6 Å². The average Bonchev–Trinajstić information content (AvgIpc) is 3.52. The Morgan fingerprint density at radius 2 is 1.78 bits per heavy atom. The zero-order chi connectivity index (χ0) is 25.4. The molecule has 2 aromatic carbocycles. The summed E-state index contributed by atoms with van der Waals surface area (Å²) in [6.45, 7) is 5.13. The van der Waals surface area contributed by atoms with Gasteiger partial charge in [0.15, 0.2) is 5.13 Å². The zero-order valence-corrected chi connectivity index (χ0v) is 23.2. The number of rotatable bonds is 6. The van der Waals surface area contributed by atoms with Crippen LogP contribution in [0.5, 0.6) is 0 Å². The Morgan fingerprint density at radius 3 is 2.44 bits per heavy atom. The van der Waals surface area contributed by atoms with Crippen molar-refractivity contribution in [2.24, 2.45) is 5.92 Å². The number of hydrogen-bond donors (Lipinski definition) is 0. The number of hydrogen-bond acceptors (Lipinski definition) is 6. The van der Waals surface area contributed by atoms with Gasteiger partial charge in [-0.15, -0.1) is 11.3 Å². The molecule has 5 rings (SSSR count). The summed E-state index contributed by atoms with van der Waals surface area (Å²) in [6, 6.07) is 17.2. The van der Waals surface area contributed by atoms with Crippen molar-refractivity contribution >= 4 is 65.6 Å². The third-order valence-electron chi connectivity index (χ3n) is 6.70. The smallest absolute Gasteiger partial charge is 0.252 e. The van der Waals surface area contributed by atoms with E-state index in [2.05, 4.69) is 26.0 Å². The summed E-state index contributed by atoms with van der Waals surface area (Å²) < 4.78 is 29.2. The highest BCUT2D eigenvalue weighted by Gasteiger charge is 2.35. The van der Waals surface area contributed by atoms with Crippen LogP contribution < -0.4 is 4.90 Å². The summed E-state index contributed by atoms with van der Waals surface area (Å²) in [5.41, 5.74) is 4.24. The normalized spacial score (nSPS) is 15.4. The monoisotopic (exact) mass is 559 g/mol. The highest BCUT2D eigenvalue weighted by molar-refractivity contribution is 7.91. The van der Waals surface area contributed by atoms with E-state index in [4.69, 9.17) is 16.6 Å². The van der Waals surface area contributed by atoms with Crippen LogP contribution in [0.25, 0.3) is 10.2 Å². The number of benzene rings is 2. The number of sulfonamides is 1. The maximum Gasteiger partial charge on any atom is 0.252 e. The van der Waals surface area contributed by atoms with E-state index < -0.39 is 10.0 Å². The molecule has 0 radical (unpaired) electrons. The molecule has 188 valence electrons. The lowest BCUT2D eigenvalue weighted by Gasteiger charge is -2.32. The van der Waals surface area contributed by atoms with Crippen LogP contribution in [0.15, 0.2) is 58.8 Å². The van der Waals surface area contributed by atoms with Crippen LogP contribution in [0.2, 0.25) is 4.34 Å². The molecule has 1 aliphatic heterocycles. The van der Waals surface area contributed by atoms with E-state index >= 15 is 0 Å². The Hall–Kier alpha value is -2.30. The van der Waals surface area contributed by atoms with Crippen LogP contribution in [0, 0.1) is 19.8 Å². The summed E-state index contributed by atoms with van der Waals surface area (Å²) in [7, 11) is -3.61. The lowest BCUT2D eigenvalue weighted by atomic mass is 9.96. The molecule has 0 atom stereocenters. The van der Waals surface area contributed by atoms with E-state index in [1.165, 1.54) is 27.3 Å². The Labute approximate surface area is 224 Å². The van der Waals surface area contributed by atoms with Gasteiger partial charge in [-0.2, -0.15) is 4.31 Å². The summed E-state index contributed by atoms with van der Waals surface area (Å²) in [4.78, 5) is 20.5. The standard InChI is InChI=1S/C26H26ClN3O3S3/c1-17-8-9-21-24(18(17)2)28-26(34-21)30(16-19-6-4-3-5-7-19)25(31)20-12-14-29(15-13-20)36(32,33)23-11-10-22(27)35-23/h3-11,20H,12-16H2,1-2H3. The lowest BCUT2D eigenvalue weighted by Crippen LogP contribution is -2.44. The third kappa shape index (κ3) is 4.95. The number of aromatic nitrogens is 1. The Kier molecular flexibility index (Phi) is 7.20. The van der Waals surface area contributed by atoms with Crippen LogP contribution in [0.4, 0.5) is 5.13 Å². The average molecular weight is 560 g/mol. The molecule has 0 N–H and O–H groups in total. The largest absolute Gasteiger partial charge is 0.283 e. The Balaban J connectivity index is 1.40. The van der Waals surface area contributed by atoms with Gasteiger partial charge in [0.05, 0.1) is 21.1 Å². The number of thiazole rings is 1. The van der Waals surface area contributed by atoms with Gasteiger partial charge in [-0.25, -0.2) is 13.4 Å². The predicted molar refractivity (Wildman–Crippen MR) is 148 cm³/mol. The van der Waals surface area contributed by atoms with Crippen LogP contribution in [-0.2, 0) is 21.4 Å². The molecule has 36 heavy (non-hydrogen) atoms. The number of carbonyl (C=O) groups excluding carboxylic acids is 1. The molecule has 2 aromatic heterocycles. The van der Waals surface area contributed by atoms with Crippen molar-refractivity contribution in [3.8, 4) is 0 Å². The molecule has 0 saturated carbocycles. The molecule has 1 amide bonds. The molecule has 3 heterocycles. The van der Waals surface area contributed by atoms with E-state index in [1.54, 1.807) is 11.0 Å². The van der Waals surface area contributed by atoms with Crippen molar-refractivity contribution in [1.29, 1.82) is 0 Å². The van der Waals surface area contributed by atoms with Crippen molar-refractivity contribution in [1.82, 2.24) is 9.29 Å². The van der Waals surface area contributed by atoms with Gasteiger partial charge in [-0.3, -0.25) is 9.69 Å². The second kappa shape index (κ2) is 10.2. The first-order chi connectivity index (χ1) is 17.2. The number of anilines is 1. The molecule has 1 fully saturated rings. The van der Waals surface area contributed by atoms with Gasteiger partial charge in [0.1, 0.15) is 4.21 Å². The maximum atomic E-state index is 13.9. The van der Waals surface area contributed by atoms with Crippen molar-refractivity contribution in [2.45, 2.75) is 37.4 Å². The summed E-state index contributed by atoms with van der Waals surface area (Å²) in [6.07, 6.45) is 0.928. The number of amides is 1. The number of carbonyl (C=O) groups is 1. The predicted octanol–water partition coefficient (Wildman–Crippen LogP) is 6.26. The van der Waals surface area contributed by atoms with Gasteiger partial charge in [0.2, 0.25) is 5.91 Å². The number of thiophene rings is 1. The fraction of sp³-hybridized carbons (Fsp3) is 0.308. The van der Waals surface area contributed by atoms with Crippen molar-refractivity contribution in [2.75, 3.05) is 18.0 Å². The minimum absolute atomic E-state index is 0.0106. The third-order valence-corrected chi connectivity index (χ3v) is 11.3. The first kappa shape index (κ1) is 25.4. The molecular weight excluding hydrogens is 534 g/mol. The van der Waals surface area contributed by atoms with Gasteiger partial charge in [0.25, 0.3) is 10.0 Å². The van der Waals surface area contributed by atoms with E-state index in [9.17, 15) is 13.2 Å². The molecule has 0 unspecified atom stereocenters. The van der Waals surface area contributed by atoms with Crippen LogP contribution in [0.1, 0.15) is 29.5 Å². The SMILES string of the molecule is Cc1ccc2sc(N(Cc3ccccc3)C(=O)C3CCN(S(=O)(=O)c4ccc(Cl)s4)CC3)nc2c1C. The first-order valence-electron chi connectivity index (χ1n) is 11.7. The van der Waals surface area contributed by atoms with Gasteiger partial charge >= 0.3 is 0 Å². The van der Waals surface area contributed by atoms with Crippen molar-refractivity contribution < 1.29 is 13.2 Å². The number of halogens is 1. The van der Waals surface area contributed by atoms with E-state index in [-0.39, 0.29) is 16.0 Å². The Bertz CT molecular complexity index is 1510. The lowest BCUT2D eigenvalue weighted by molar-refractivity contribution is -0.123. The van der Waals surface area contributed by atoms with Crippen LogP contribution >= 0.6 is 34.3 Å². The fourth-order valence-corrected chi connectivity index (χ4v) is 8.60. The minimum Gasteiger partial charge on any atom is -0.283 e. The number of fused-ring (bicyclic) bond motifs is 1. The Morgan fingerprint density at radius 1 is 1.06 bits per heavy atom. The molecule has 0 bridgehead atoms. The molecule has 4 aromatic rings. The van der Waals surface area contributed by atoms with Gasteiger partial charge < -0.3 is 0 Å². The number of aryl methyl sites for hydroxylation is 2. The number of nitrogens with zero attached hydrogens (tertiary/aromatic N) is 3. The van der Waals surface area contributed by atoms with Crippen molar-refractivity contribution in [3.63, 3.8) is 0 Å². The molecule has 10 heteroatoms. The number of piperidine rings is 1. The molecule has 1 saturated heterocycles. The molecule has 0 spiro atoms. The van der Waals surface area contributed by atoms with Crippen LogP contribution in [0.3, 0.4) is 0 Å². The van der Waals surface area contributed by atoms with E-state index in [0.29, 0.717) is 41.9 Å². The fourth-order valence-electron chi connectivity index (χ4n) is 4.46. The summed E-state index contributed by atoms with van der Waals surface area (Å²) in [5, 5.41) is 0.677. The molecular formula is C26H26ClN3O3S3. The minimum atomic E-state index is -3.61. The van der Waals surface area contributed by atoms with E-state index in [1.807, 2.05) is 30.3 Å². The second-order valence-corrected chi connectivity index (χ2v) is 13.9. The highest BCUT2D eigenvalue weighted by atomic mass is 35.5.